The van der Waals surface area contributed by atoms with Gasteiger partial charge in [-0.25, -0.2) is 0 Å². The fourth-order valence-corrected chi connectivity index (χ4v) is 3.38. The Bertz CT molecular complexity index is 199. The third-order valence-corrected chi connectivity index (χ3v) is 4.57. The van der Waals surface area contributed by atoms with Crippen molar-refractivity contribution in [1.29, 1.82) is 0 Å². The van der Waals surface area contributed by atoms with E-state index in [-0.39, 0.29) is 5.54 Å². The normalized spacial score (nSPS) is 13.9. The molecular formula is C14H31NOS. The van der Waals surface area contributed by atoms with Crippen molar-refractivity contribution < 1.29 is 4.21 Å². The minimum atomic E-state index is -0.725. The molecule has 0 aromatic heterocycles. The molecule has 2 nitrogen and oxygen atoms in total. The third-order valence-electron chi connectivity index (χ3n) is 2.76. The Hall–Kier alpha value is 0.110. The number of rotatable bonds is 11. The quantitative estimate of drug-likeness (QED) is 0.577. The molecule has 0 fully saturated rings. The molecule has 17 heavy (non-hydrogen) atoms. The van der Waals surface area contributed by atoms with E-state index in [4.69, 9.17) is 5.73 Å². The maximum atomic E-state index is 11.7. The van der Waals surface area contributed by atoms with Crippen LogP contribution in [-0.4, -0.2) is 21.3 Å². The van der Waals surface area contributed by atoms with E-state index < -0.39 is 10.8 Å². The number of hydrogen-bond acceptors (Lipinski definition) is 2. The second kappa shape index (κ2) is 10.1. The van der Waals surface area contributed by atoms with Gasteiger partial charge < -0.3 is 5.73 Å². The summed E-state index contributed by atoms with van der Waals surface area (Å²) in [4.78, 5) is 0. The van der Waals surface area contributed by atoms with Crippen LogP contribution in [-0.2, 0) is 10.8 Å². The Morgan fingerprint density at radius 2 is 1.41 bits per heavy atom. The summed E-state index contributed by atoms with van der Waals surface area (Å²) in [6.07, 6.45) is 10.4. The summed E-state index contributed by atoms with van der Waals surface area (Å²) < 4.78 is 11.7. The Morgan fingerprint density at radius 3 is 1.88 bits per heavy atom. The molecule has 0 heterocycles. The molecule has 1 atom stereocenters. The van der Waals surface area contributed by atoms with Crippen molar-refractivity contribution in [3.05, 3.63) is 0 Å². The molecule has 0 aliphatic carbocycles. The van der Waals surface area contributed by atoms with Crippen LogP contribution in [0.25, 0.3) is 0 Å². The van der Waals surface area contributed by atoms with Gasteiger partial charge in [-0.15, -0.1) is 0 Å². The zero-order valence-electron chi connectivity index (χ0n) is 12.0. The Morgan fingerprint density at radius 1 is 0.941 bits per heavy atom. The van der Waals surface area contributed by atoms with Gasteiger partial charge in [0.25, 0.3) is 0 Å². The van der Waals surface area contributed by atoms with Crippen LogP contribution in [0, 0.1) is 0 Å². The van der Waals surface area contributed by atoms with Gasteiger partial charge in [0.15, 0.2) is 0 Å². The lowest BCUT2D eigenvalue weighted by Crippen LogP contribution is -2.38. The number of nitrogens with two attached hydrogens (primary N) is 1. The largest absolute Gasteiger partial charge is 0.325 e. The van der Waals surface area contributed by atoms with E-state index in [1.54, 1.807) is 0 Å². The first-order chi connectivity index (χ1) is 7.95. The molecule has 1 unspecified atom stereocenters. The Kier molecular flexibility index (Phi) is 10.1. The standard InChI is InChI=1S/C14H31NOS/c1-4-5-6-7-8-9-10-11-12-17(16)13-14(2,3)15/h4-13,15H2,1-3H3. The van der Waals surface area contributed by atoms with E-state index in [1.807, 2.05) is 13.8 Å². The predicted molar refractivity (Wildman–Crippen MR) is 78.8 cm³/mol. The molecule has 0 saturated carbocycles. The van der Waals surface area contributed by atoms with Gasteiger partial charge >= 0.3 is 0 Å². The zero-order valence-corrected chi connectivity index (χ0v) is 12.8. The summed E-state index contributed by atoms with van der Waals surface area (Å²) in [5, 5.41) is 0. The Labute approximate surface area is 110 Å². The van der Waals surface area contributed by atoms with Crippen molar-refractivity contribution in [1.82, 2.24) is 0 Å². The average Bonchev–Trinajstić information content (AvgIpc) is 2.19. The lowest BCUT2D eigenvalue weighted by Gasteiger charge is -2.17. The maximum Gasteiger partial charge on any atom is 0.0409 e. The molecule has 0 aromatic carbocycles. The fourth-order valence-electron chi connectivity index (χ4n) is 1.88. The van der Waals surface area contributed by atoms with Gasteiger partial charge in [0.1, 0.15) is 0 Å². The van der Waals surface area contributed by atoms with E-state index in [9.17, 15) is 4.21 Å². The van der Waals surface area contributed by atoms with E-state index >= 15 is 0 Å². The van der Waals surface area contributed by atoms with Crippen LogP contribution in [0.3, 0.4) is 0 Å². The molecular weight excluding hydrogens is 230 g/mol. The van der Waals surface area contributed by atoms with Crippen LogP contribution in [0.5, 0.6) is 0 Å². The van der Waals surface area contributed by atoms with Crippen molar-refractivity contribution in [2.75, 3.05) is 11.5 Å². The molecule has 0 aliphatic rings. The van der Waals surface area contributed by atoms with Crippen molar-refractivity contribution in [3.63, 3.8) is 0 Å². The van der Waals surface area contributed by atoms with Gasteiger partial charge in [-0.3, -0.25) is 4.21 Å². The van der Waals surface area contributed by atoms with Crippen LogP contribution in [0.15, 0.2) is 0 Å². The molecule has 0 saturated heterocycles. The van der Waals surface area contributed by atoms with E-state index in [1.165, 1.54) is 44.9 Å². The molecule has 0 radical (unpaired) electrons. The lowest BCUT2D eigenvalue weighted by molar-refractivity contribution is 0.571. The van der Waals surface area contributed by atoms with Gasteiger partial charge in [-0.2, -0.15) is 0 Å². The number of hydrogen-bond donors (Lipinski definition) is 1. The first-order valence-corrected chi connectivity index (χ1v) is 8.58. The smallest absolute Gasteiger partial charge is 0.0409 e. The van der Waals surface area contributed by atoms with Gasteiger partial charge in [-0.1, -0.05) is 51.9 Å². The van der Waals surface area contributed by atoms with Gasteiger partial charge in [0.05, 0.1) is 0 Å². The minimum Gasteiger partial charge on any atom is -0.325 e. The number of unbranched alkanes of at least 4 members (excludes halogenated alkanes) is 7. The molecule has 0 spiro atoms. The second-order valence-corrected chi connectivity index (χ2v) is 7.33. The summed E-state index contributed by atoms with van der Waals surface area (Å²) >= 11 is 0. The third kappa shape index (κ3) is 14.0. The molecule has 0 bridgehead atoms. The van der Waals surface area contributed by atoms with E-state index in [0.717, 1.165) is 12.2 Å². The molecule has 2 N–H and O–H groups in total. The lowest BCUT2D eigenvalue weighted by atomic mass is 10.1. The maximum absolute atomic E-state index is 11.7. The summed E-state index contributed by atoms with van der Waals surface area (Å²) in [7, 11) is -0.725. The first-order valence-electron chi connectivity index (χ1n) is 7.09. The predicted octanol–water partition coefficient (Wildman–Crippen LogP) is 3.61. The molecule has 0 aliphatic heterocycles. The van der Waals surface area contributed by atoms with E-state index in [0.29, 0.717) is 5.75 Å². The van der Waals surface area contributed by atoms with Crippen LogP contribution in [0.4, 0.5) is 0 Å². The van der Waals surface area contributed by atoms with Gasteiger partial charge in [-0.05, 0) is 20.3 Å². The van der Waals surface area contributed by atoms with E-state index in [2.05, 4.69) is 6.92 Å². The summed E-state index contributed by atoms with van der Waals surface area (Å²) in [6.45, 7) is 6.13. The molecule has 0 aromatic rings. The van der Waals surface area contributed by atoms with Crippen molar-refractivity contribution in [2.24, 2.45) is 5.73 Å². The van der Waals surface area contributed by atoms with Crippen molar-refractivity contribution >= 4 is 10.8 Å². The highest BCUT2D eigenvalue weighted by atomic mass is 32.2. The molecule has 3 heteroatoms. The topological polar surface area (TPSA) is 43.1 Å². The molecule has 104 valence electrons. The van der Waals surface area contributed by atoms with Crippen molar-refractivity contribution in [2.45, 2.75) is 77.7 Å². The molecule has 0 amide bonds. The summed E-state index contributed by atoms with van der Waals surface area (Å²) in [5.41, 5.74) is 5.56. The van der Waals surface area contributed by atoms with Crippen LogP contribution in [0.1, 0.15) is 72.1 Å². The SMILES string of the molecule is CCCCCCCCCCS(=O)CC(C)(C)N. The van der Waals surface area contributed by atoms with Crippen LogP contribution in [0.2, 0.25) is 0 Å². The monoisotopic (exact) mass is 261 g/mol. The van der Waals surface area contributed by atoms with Crippen molar-refractivity contribution in [3.8, 4) is 0 Å². The van der Waals surface area contributed by atoms with Gasteiger partial charge in [0.2, 0.25) is 0 Å². The average molecular weight is 261 g/mol. The highest BCUT2D eigenvalue weighted by Crippen LogP contribution is 2.09. The summed E-state index contributed by atoms with van der Waals surface area (Å²) in [5.74, 6) is 1.46. The first kappa shape index (κ1) is 17.1. The minimum absolute atomic E-state index is 0.287. The summed E-state index contributed by atoms with van der Waals surface area (Å²) in [6, 6.07) is 0. The highest BCUT2D eigenvalue weighted by Gasteiger charge is 2.14. The Balaban J connectivity index is 3.25. The van der Waals surface area contributed by atoms with Crippen LogP contribution >= 0.6 is 0 Å². The van der Waals surface area contributed by atoms with Gasteiger partial charge in [0, 0.05) is 27.8 Å². The second-order valence-electron chi connectivity index (χ2n) is 5.75. The van der Waals surface area contributed by atoms with Crippen LogP contribution < -0.4 is 5.73 Å². The molecule has 0 rings (SSSR count). The highest BCUT2D eigenvalue weighted by molar-refractivity contribution is 7.85. The zero-order chi connectivity index (χ0) is 13.1. The fraction of sp³-hybridized carbons (Fsp3) is 1.00.